The number of anilines is 2. The van der Waals surface area contributed by atoms with Crippen LogP contribution in [-0.4, -0.2) is 26.0 Å². The van der Waals surface area contributed by atoms with Gasteiger partial charge < -0.3 is 20.1 Å². The molecule has 4 aliphatic rings. The third-order valence-electron chi connectivity index (χ3n) is 7.57. The van der Waals surface area contributed by atoms with E-state index in [1.165, 1.54) is 19.3 Å². The molecule has 0 spiro atoms. The zero-order chi connectivity index (χ0) is 22.3. The summed E-state index contributed by atoms with van der Waals surface area (Å²) in [6.45, 7) is 0. The van der Waals surface area contributed by atoms with E-state index in [9.17, 15) is 9.59 Å². The fourth-order valence-electron chi connectivity index (χ4n) is 6.52. The predicted molar refractivity (Wildman–Crippen MR) is 123 cm³/mol. The number of hydrogen-bond acceptors (Lipinski definition) is 4. The Labute approximate surface area is 188 Å². The molecule has 4 aliphatic carbocycles. The van der Waals surface area contributed by atoms with E-state index in [1.54, 1.807) is 38.5 Å². The summed E-state index contributed by atoms with van der Waals surface area (Å²) in [7, 11) is 3.11. The zero-order valence-corrected chi connectivity index (χ0v) is 18.6. The van der Waals surface area contributed by atoms with E-state index in [2.05, 4.69) is 10.6 Å². The maximum absolute atomic E-state index is 13.5. The number of carbonyl (C=O) groups excluding carboxylic acids is 2. The second-order valence-electron chi connectivity index (χ2n) is 9.72. The molecule has 0 heterocycles. The van der Waals surface area contributed by atoms with E-state index in [0.29, 0.717) is 46.2 Å². The number of hydrogen-bond donors (Lipinski definition) is 2. The molecule has 2 aromatic carbocycles. The Morgan fingerprint density at radius 2 is 1.31 bits per heavy atom. The molecule has 0 saturated heterocycles. The van der Waals surface area contributed by atoms with Crippen molar-refractivity contribution in [2.75, 3.05) is 24.9 Å². The third-order valence-corrected chi connectivity index (χ3v) is 7.57. The van der Waals surface area contributed by atoms with Gasteiger partial charge in [0.25, 0.3) is 5.91 Å². The van der Waals surface area contributed by atoms with Crippen LogP contribution in [0, 0.1) is 23.2 Å². The number of ether oxygens (including phenoxy) is 2. The van der Waals surface area contributed by atoms with E-state index < -0.39 is 0 Å². The van der Waals surface area contributed by atoms with E-state index in [-0.39, 0.29) is 17.2 Å². The van der Waals surface area contributed by atoms with Crippen molar-refractivity contribution < 1.29 is 19.1 Å². The van der Waals surface area contributed by atoms with Gasteiger partial charge in [-0.05, 0) is 68.4 Å². The molecule has 6 rings (SSSR count). The molecule has 0 radical (unpaired) electrons. The van der Waals surface area contributed by atoms with E-state index in [1.807, 2.05) is 18.2 Å². The molecule has 6 heteroatoms. The standard InChI is InChI=1S/C26H30N2O4/c1-31-22-12-21(23(32-2)11-20(22)27-24(29)19-6-4-3-5-7-19)28-25(30)26-13-16-8-17(14-26)10-18(9-16)15-26/h3-7,11-12,16-18H,8-10,13-15H2,1-2H3,(H,27,29)(H,28,30). The first-order valence-corrected chi connectivity index (χ1v) is 11.4. The molecule has 4 saturated carbocycles. The Bertz CT molecular complexity index is 998. The van der Waals surface area contributed by atoms with Crippen LogP contribution in [-0.2, 0) is 4.79 Å². The van der Waals surface area contributed by atoms with Gasteiger partial charge in [-0.3, -0.25) is 9.59 Å². The van der Waals surface area contributed by atoms with E-state index in [4.69, 9.17) is 9.47 Å². The third kappa shape index (κ3) is 3.72. The van der Waals surface area contributed by atoms with Crippen molar-refractivity contribution in [1.29, 1.82) is 0 Å². The summed E-state index contributed by atoms with van der Waals surface area (Å²) >= 11 is 0. The average Bonchev–Trinajstić information content (AvgIpc) is 2.79. The zero-order valence-electron chi connectivity index (χ0n) is 18.6. The summed E-state index contributed by atoms with van der Waals surface area (Å²) in [5.74, 6) is 2.90. The molecule has 4 bridgehead atoms. The van der Waals surface area contributed by atoms with Gasteiger partial charge in [0.1, 0.15) is 11.5 Å². The summed E-state index contributed by atoms with van der Waals surface area (Å²) < 4.78 is 11.1. The summed E-state index contributed by atoms with van der Waals surface area (Å²) in [4.78, 5) is 26.1. The number of benzene rings is 2. The molecule has 4 fully saturated rings. The lowest BCUT2D eigenvalue weighted by Gasteiger charge is -2.55. The Kier molecular flexibility index (Phi) is 5.31. The van der Waals surface area contributed by atoms with Crippen LogP contribution in [0.15, 0.2) is 42.5 Å². The second-order valence-corrected chi connectivity index (χ2v) is 9.72. The van der Waals surface area contributed by atoms with Crippen molar-refractivity contribution in [3.8, 4) is 11.5 Å². The van der Waals surface area contributed by atoms with Crippen LogP contribution >= 0.6 is 0 Å². The number of rotatable bonds is 6. The molecule has 2 amide bonds. The monoisotopic (exact) mass is 434 g/mol. The van der Waals surface area contributed by atoms with Crippen LogP contribution in [0.4, 0.5) is 11.4 Å². The molecule has 168 valence electrons. The summed E-state index contributed by atoms with van der Waals surface area (Å²) in [6, 6.07) is 12.4. The van der Waals surface area contributed by atoms with Gasteiger partial charge >= 0.3 is 0 Å². The van der Waals surface area contributed by atoms with Gasteiger partial charge in [0, 0.05) is 17.7 Å². The van der Waals surface area contributed by atoms with Gasteiger partial charge in [0.2, 0.25) is 5.91 Å². The number of carbonyl (C=O) groups is 2. The number of nitrogens with one attached hydrogen (secondary N) is 2. The normalized spacial score (nSPS) is 27.6. The lowest BCUT2D eigenvalue weighted by molar-refractivity contribution is -0.140. The Hall–Kier alpha value is -3.02. The lowest BCUT2D eigenvalue weighted by atomic mass is 9.49. The number of methoxy groups -OCH3 is 2. The molecule has 6 nitrogen and oxygen atoms in total. The predicted octanol–water partition coefficient (Wildman–Crippen LogP) is 5.11. The van der Waals surface area contributed by atoms with E-state index >= 15 is 0 Å². The minimum Gasteiger partial charge on any atom is -0.494 e. The van der Waals surface area contributed by atoms with Crippen molar-refractivity contribution in [2.45, 2.75) is 38.5 Å². The Morgan fingerprint density at radius 3 is 1.81 bits per heavy atom. The molecule has 2 aromatic rings. The minimum absolute atomic E-state index is 0.0954. The van der Waals surface area contributed by atoms with Gasteiger partial charge in [-0.2, -0.15) is 0 Å². The van der Waals surface area contributed by atoms with Crippen molar-refractivity contribution in [2.24, 2.45) is 23.2 Å². The fourth-order valence-corrected chi connectivity index (χ4v) is 6.52. The number of amides is 2. The molecule has 0 unspecified atom stereocenters. The maximum atomic E-state index is 13.5. The maximum Gasteiger partial charge on any atom is 0.255 e. The van der Waals surface area contributed by atoms with Crippen LogP contribution in [0.3, 0.4) is 0 Å². The van der Waals surface area contributed by atoms with Gasteiger partial charge in [-0.1, -0.05) is 18.2 Å². The summed E-state index contributed by atoms with van der Waals surface area (Å²) in [5, 5.41) is 6.03. The molecular weight excluding hydrogens is 404 g/mol. The van der Waals surface area contributed by atoms with Crippen molar-refractivity contribution in [3.05, 3.63) is 48.0 Å². The highest BCUT2D eigenvalue weighted by Crippen LogP contribution is 2.60. The Balaban J connectivity index is 1.38. The first-order chi connectivity index (χ1) is 15.5. The van der Waals surface area contributed by atoms with Crippen LogP contribution < -0.4 is 20.1 Å². The fraction of sp³-hybridized carbons (Fsp3) is 0.462. The molecular formula is C26H30N2O4. The Morgan fingerprint density at radius 1 is 0.812 bits per heavy atom. The minimum atomic E-state index is -0.257. The molecule has 32 heavy (non-hydrogen) atoms. The van der Waals surface area contributed by atoms with Crippen LogP contribution in [0.5, 0.6) is 11.5 Å². The van der Waals surface area contributed by atoms with Crippen LogP contribution in [0.25, 0.3) is 0 Å². The molecule has 0 atom stereocenters. The van der Waals surface area contributed by atoms with Crippen molar-refractivity contribution >= 4 is 23.2 Å². The van der Waals surface area contributed by atoms with Crippen molar-refractivity contribution in [1.82, 2.24) is 0 Å². The van der Waals surface area contributed by atoms with Gasteiger partial charge in [0.15, 0.2) is 0 Å². The first kappa shape index (κ1) is 20.9. The smallest absolute Gasteiger partial charge is 0.255 e. The van der Waals surface area contributed by atoms with E-state index in [0.717, 1.165) is 19.3 Å². The SMILES string of the molecule is COc1cc(NC(=O)C23CC4CC(CC(C4)C2)C3)c(OC)cc1NC(=O)c1ccccc1. The van der Waals surface area contributed by atoms with Gasteiger partial charge in [0.05, 0.1) is 31.0 Å². The van der Waals surface area contributed by atoms with Gasteiger partial charge in [-0.15, -0.1) is 0 Å². The topological polar surface area (TPSA) is 76.7 Å². The highest BCUT2D eigenvalue weighted by Gasteiger charge is 2.54. The summed E-state index contributed by atoms with van der Waals surface area (Å²) in [6.07, 6.45) is 6.86. The molecule has 0 aromatic heterocycles. The quantitative estimate of drug-likeness (QED) is 0.662. The highest BCUT2D eigenvalue weighted by atomic mass is 16.5. The summed E-state index contributed by atoms with van der Waals surface area (Å²) in [5.41, 5.74) is 1.36. The lowest BCUT2D eigenvalue weighted by Crippen LogP contribution is -2.51. The average molecular weight is 435 g/mol. The second kappa shape index (κ2) is 8.15. The van der Waals surface area contributed by atoms with Gasteiger partial charge in [-0.25, -0.2) is 0 Å². The van der Waals surface area contributed by atoms with Crippen LogP contribution in [0.2, 0.25) is 0 Å². The van der Waals surface area contributed by atoms with Crippen LogP contribution in [0.1, 0.15) is 48.9 Å². The van der Waals surface area contributed by atoms with Crippen molar-refractivity contribution in [3.63, 3.8) is 0 Å². The highest BCUT2D eigenvalue weighted by molar-refractivity contribution is 6.06. The largest absolute Gasteiger partial charge is 0.494 e. The molecule has 2 N–H and O–H groups in total. The molecule has 0 aliphatic heterocycles. The first-order valence-electron chi connectivity index (χ1n) is 11.4.